The monoisotopic (exact) mass is 281 g/mol. The van der Waals surface area contributed by atoms with Gasteiger partial charge in [0.25, 0.3) is 0 Å². The summed E-state index contributed by atoms with van der Waals surface area (Å²) in [4.78, 5) is 8.31. The SMILES string of the molecule is C[C@H]1OC(C)(C)O[C@H]1Cc1cnc2c(Cl)nccn12. The van der Waals surface area contributed by atoms with Gasteiger partial charge in [-0.05, 0) is 20.8 Å². The first-order valence-corrected chi connectivity index (χ1v) is 6.66. The molecule has 1 aliphatic heterocycles. The van der Waals surface area contributed by atoms with Crippen LogP contribution in [-0.2, 0) is 15.9 Å². The van der Waals surface area contributed by atoms with E-state index in [0.29, 0.717) is 10.8 Å². The molecule has 6 heteroatoms. The number of ether oxygens (including phenoxy) is 2. The van der Waals surface area contributed by atoms with Crippen LogP contribution in [0.25, 0.3) is 5.65 Å². The minimum atomic E-state index is -0.524. The van der Waals surface area contributed by atoms with Crippen LogP contribution in [0.3, 0.4) is 0 Å². The Morgan fingerprint density at radius 1 is 1.37 bits per heavy atom. The van der Waals surface area contributed by atoms with E-state index >= 15 is 0 Å². The van der Waals surface area contributed by atoms with Crippen molar-refractivity contribution in [2.75, 3.05) is 0 Å². The third-order valence-electron chi connectivity index (χ3n) is 3.30. The number of halogens is 1. The molecular formula is C13H16ClN3O2. The Labute approximate surface area is 116 Å². The average molecular weight is 282 g/mol. The fourth-order valence-corrected chi connectivity index (χ4v) is 2.71. The van der Waals surface area contributed by atoms with Gasteiger partial charge >= 0.3 is 0 Å². The van der Waals surface area contributed by atoms with E-state index in [1.807, 2.05) is 37.6 Å². The van der Waals surface area contributed by atoms with Crippen molar-refractivity contribution in [2.45, 2.75) is 45.2 Å². The summed E-state index contributed by atoms with van der Waals surface area (Å²) in [5.74, 6) is -0.524. The van der Waals surface area contributed by atoms with E-state index in [1.54, 1.807) is 6.20 Å². The molecule has 102 valence electrons. The highest BCUT2D eigenvalue weighted by Gasteiger charge is 2.38. The lowest BCUT2D eigenvalue weighted by molar-refractivity contribution is -0.144. The molecule has 3 rings (SSSR count). The van der Waals surface area contributed by atoms with Crippen molar-refractivity contribution in [1.29, 1.82) is 0 Å². The van der Waals surface area contributed by atoms with E-state index < -0.39 is 5.79 Å². The minimum absolute atomic E-state index is 0.0156. The normalized spacial score (nSPS) is 26.1. The van der Waals surface area contributed by atoms with E-state index in [4.69, 9.17) is 21.1 Å². The van der Waals surface area contributed by atoms with Crippen LogP contribution in [0.15, 0.2) is 18.6 Å². The van der Waals surface area contributed by atoms with Crippen LogP contribution in [0.4, 0.5) is 0 Å². The highest BCUT2D eigenvalue weighted by atomic mass is 35.5. The molecule has 1 fully saturated rings. The number of rotatable bonds is 2. The van der Waals surface area contributed by atoms with Crippen molar-refractivity contribution in [3.05, 3.63) is 29.4 Å². The topological polar surface area (TPSA) is 48.7 Å². The summed E-state index contributed by atoms with van der Waals surface area (Å²) >= 11 is 6.01. The Morgan fingerprint density at radius 3 is 2.84 bits per heavy atom. The van der Waals surface area contributed by atoms with Gasteiger partial charge in [-0.3, -0.25) is 4.40 Å². The van der Waals surface area contributed by atoms with Crippen molar-refractivity contribution >= 4 is 17.2 Å². The Morgan fingerprint density at radius 2 is 2.16 bits per heavy atom. The first-order valence-electron chi connectivity index (χ1n) is 6.28. The van der Waals surface area contributed by atoms with Crippen molar-refractivity contribution in [1.82, 2.24) is 14.4 Å². The number of hydrogen-bond acceptors (Lipinski definition) is 4. The first-order chi connectivity index (χ1) is 8.96. The van der Waals surface area contributed by atoms with Crippen LogP contribution in [0.2, 0.25) is 5.15 Å². The predicted octanol–water partition coefficient (Wildman–Crippen LogP) is 2.47. The zero-order valence-corrected chi connectivity index (χ0v) is 11.9. The molecule has 0 spiro atoms. The maximum Gasteiger partial charge on any atom is 0.175 e. The summed E-state index contributed by atoms with van der Waals surface area (Å²) in [7, 11) is 0. The standard InChI is InChI=1S/C13H16ClN3O2/c1-8-10(19-13(2,3)18-8)6-9-7-16-12-11(14)15-4-5-17(9)12/h4-5,7-8,10H,6H2,1-3H3/t8-,10+/m1/s1. The van der Waals surface area contributed by atoms with E-state index in [0.717, 1.165) is 12.1 Å². The lowest BCUT2D eigenvalue weighted by Gasteiger charge is -2.16. The minimum Gasteiger partial charge on any atom is -0.345 e. The highest BCUT2D eigenvalue weighted by Crippen LogP contribution is 2.30. The largest absolute Gasteiger partial charge is 0.345 e. The molecule has 1 aliphatic rings. The van der Waals surface area contributed by atoms with Gasteiger partial charge in [-0.25, -0.2) is 9.97 Å². The molecular weight excluding hydrogens is 266 g/mol. The molecule has 0 N–H and O–H groups in total. The molecule has 0 radical (unpaired) electrons. The van der Waals surface area contributed by atoms with E-state index in [1.165, 1.54) is 0 Å². The number of aromatic nitrogens is 3. The molecule has 19 heavy (non-hydrogen) atoms. The maximum atomic E-state index is 6.01. The van der Waals surface area contributed by atoms with Crippen molar-refractivity contribution in [2.24, 2.45) is 0 Å². The van der Waals surface area contributed by atoms with E-state index in [9.17, 15) is 0 Å². The zero-order chi connectivity index (χ0) is 13.6. The van der Waals surface area contributed by atoms with Crippen LogP contribution in [0.1, 0.15) is 26.5 Å². The second-order valence-electron chi connectivity index (χ2n) is 5.24. The number of hydrogen-bond donors (Lipinski definition) is 0. The number of nitrogens with zero attached hydrogens (tertiary/aromatic N) is 3. The van der Waals surface area contributed by atoms with Gasteiger partial charge in [0.1, 0.15) is 0 Å². The lowest BCUT2D eigenvalue weighted by atomic mass is 10.1. The molecule has 3 heterocycles. The van der Waals surface area contributed by atoms with Gasteiger partial charge < -0.3 is 9.47 Å². The Hall–Kier alpha value is -1.17. The highest BCUT2D eigenvalue weighted by molar-refractivity contribution is 6.32. The van der Waals surface area contributed by atoms with Gasteiger partial charge in [0.2, 0.25) is 0 Å². The second kappa shape index (κ2) is 4.44. The fraction of sp³-hybridized carbons (Fsp3) is 0.538. The zero-order valence-electron chi connectivity index (χ0n) is 11.1. The van der Waals surface area contributed by atoms with E-state index in [-0.39, 0.29) is 12.2 Å². The molecule has 0 unspecified atom stereocenters. The predicted molar refractivity (Wildman–Crippen MR) is 71.2 cm³/mol. The van der Waals surface area contributed by atoms with Crippen LogP contribution in [-0.4, -0.2) is 32.4 Å². The van der Waals surface area contributed by atoms with Crippen molar-refractivity contribution in [3.63, 3.8) is 0 Å². The Kier molecular flexibility index (Phi) is 3.00. The lowest BCUT2D eigenvalue weighted by Crippen LogP contribution is -2.23. The summed E-state index contributed by atoms with van der Waals surface area (Å²) in [6.45, 7) is 5.88. The van der Waals surface area contributed by atoms with Gasteiger partial charge in [-0.2, -0.15) is 0 Å². The Balaban J connectivity index is 1.88. The number of imidazole rings is 1. The number of fused-ring (bicyclic) bond motifs is 1. The maximum absolute atomic E-state index is 6.01. The molecule has 0 amide bonds. The van der Waals surface area contributed by atoms with Crippen LogP contribution < -0.4 is 0 Å². The molecule has 0 aromatic carbocycles. The van der Waals surface area contributed by atoms with Crippen molar-refractivity contribution < 1.29 is 9.47 Å². The summed E-state index contributed by atoms with van der Waals surface area (Å²) < 4.78 is 13.6. The molecule has 5 nitrogen and oxygen atoms in total. The van der Waals surface area contributed by atoms with Gasteiger partial charge in [-0.1, -0.05) is 11.6 Å². The van der Waals surface area contributed by atoms with E-state index in [2.05, 4.69) is 9.97 Å². The molecule has 0 bridgehead atoms. The van der Waals surface area contributed by atoms with Gasteiger partial charge in [0.05, 0.1) is 12.2 Å². The van der Waals surface area contributed by atoms with Crippen LogP contribution in [0.5, 0.6) is 0 Å². The average Bonchev–Trinajstić information content (AvgIpc) is 2.82. The summed E-state index contributed by atoms with van der Waals surface area (Å²) in [5.41, 5.74) is 1.71. The third kappa shape index (κ3) is 2.33. The van der Waals surface area contributed by atoms with Crippen molar-refractivity contribution in [3.8, 4) is 0 Å². The summed E-state index contributed by atoms with van der Waals surface area (Å²) in [6, 6.07) is 0. The first kappa shape index (κ1) is 12.8. The second-order valence-corrected chi connectivity index (χ2v) is 5.60. The fourth-order valence-electron chi connectivity index (χ4n) is 2.51. The Bertz CT molecular complexity index is 611. The molecule has 0 aliphatic carbocycles. The quantitative estimate of drug-likeness (QED) is 0.848. The third-order valence-corrected chi connectivity index (χ3v) is 3.57. The summed E-state index contributed by atoms with van der Waals surface area (Å²) in [6.07, 6.45) is 6.13. The molecule has 0 saturated carbocycles. The van der Waals surface area contributed by atoms with Gasteiger partial charge in [0, 0.05) is 30.7 Å². The van der Waals surface area contributed by atoms with Gasteiger partial charge in [0.15, 0.2) is 16.6 Å². The molecule has 1 saturated heterocycles. The molecule has 2 aromatic rings. The smallest absolute Gasteiger partial charge is 0.175 e. The summed E-state index contributed by atoms with van der Waals surface area (Å²) in [5, 5.41) is 0.408. The van der Waals surface area contributed by atoms with Crippen LogP contribution >= 0.6 is 11.6 Å². The molecule has 2 atom stereocenters. The van der Waals surface area contributed by atoms with Crippen LogP contribution in [0, 0.1) is 0 Å². The molecule has 2 aromatic heterocycles. The van der Waals surface area contributed by atoms with Gasteiger partial charge in [-0.15, -0.1) is 0 Å².